The summed E-state index contributed by atoms with van der Waals surface area (Å²) in [4.78, 5) is 0. The molecule has 0 aliphatic heterocycles. The lowest BCUT2D eigenvalue weighted by Crippen LogP contribution is -2.03. The van der Waals surface area contributed by atoms with Crippen molar-refractivity contribution in [2.24, 2.45) is 0 Å². The highest BCUT2D eigenvalue weighted by molar-refractivity contribution is 5.58. The van der Waals surface area contributed by atoms with Gasteiger partial charge in [0.2, 0.25) is 0 Å². The molecule has 0 fully saturated rings. The molecule has 2 aromatic rings. The van der Waals surface area contributed by atoms with Crippen LogP contribution >= 0.6 is 0 Å². The van der Waals surface area contributed by atoms with E-state index >= 15 is 0 Å². The van der Waals surface area contributed by atoms with Gasteiger partial charge >= 0.3 is 0 Å². The van der Waals surface area contributed by atoms with Crippen LogP contribution in [0.15, 0.2) is 42.5 Å². The fourth-order valence-electron chi connectivity index (χ4n) is 1.59. The zero-order valence-corrected chi connectivity index (χ0v) is 9.35. The summed E-state index contributed by atoms with van der Waals surface area (Å²) in [6.45, 7) is 0.593. The first-order valence-corrected chi connectivity index (χ1v) is 5.32. The number of nitrogens with two attached hydrogens (primary N) is 2. The Morgan fingerprint density at radius 1 is 1.06 bits per heavy atom. The first kappa shape index (κ1) is 11.1. The maximum atomic E-state index is 9.32. The number of nitrogen functional groups attached to an aromatic ring is 2. The lowest BCUT2D eigenvalue weighted by atomic mass is 10.1. The van der Waals surface area contributed by atoms with Crippen LogP contribution < -0.4 is 16.8 Å². The van der Waals surface area contributed by atoms with Crippen LogP contribution in [0.5, 0.6) is 5.75 Å². The predicted molar refractivity (Wildman–Crippen MR) is 70.7 cm³/mol. The van der Waals surface area contributed by atoms with Crippen molar-refractivity contribution in [2.45, 2.75) is 6.54 Å². The number of phenols is 1. The molecule has 0 atom stereocenters. The molecule has 0 aromatic heterocycles. The molecule has 2 rings (SSSR count). The molecule has 0 heterocycles. The Morgan fingerprint density at radius 3 is 2.59 bits per heavy atom. The topological polar surface area (TPSA) is 84.3 Å². The van der Waals surface area contributed by atoms with Gasteiger partial charge in [-0.2, -0.15) is 0 Å². The Hall–Kier alpha value is -2.36. The Kier molecular flexibility index (Phi) is 3.05. The molecule has 0 aliphatic rings. The van der Waals surface area contributed by atoms with Crippen molar-refractivity contribution in [3.63, 3.8) is 0 Å². The minimum Gasteiger partial charge on any atom is -0.508 e. The number of nitrogens with one attached hydrogen (secondary N) is 1. The highest BCUT2D eigenvalue weighted by atomic mass is 16.3. The van der Waals surface area contributed by atoms with Crippen molar-refractivity contribution in [1.82, 2.24) is 0 Å². The molecule has 0 saturated heterocycles. The van der Waals surface area contributed by atoms with Gasteiger partial charge in [0.25, 0.3) is 0 Å². The van der Waals surface area contributed by atoms with Crippen molar-refractivity contribution >= 4 is 17.1 Å². The summed E-state index contributed by atoms with van der Waals surface area (Å²) >= 11 is 0. The number of anilines is 3. The quantitative estimate of drug-likeness (QED) is 0.608. The van der Waals surface area contributed by atoms with Crippen LogP contribution in [0, 0.1) is 0 Å². The number of hydrogen-bond acceptors (Lipinski definition) is 4. The van der Waals surface area contributed by atoms with E-state index in [4.69, 9.17) is 11.5 Å². The van der Waals surface area contributed by atoms with E-state index < -0.39 is 0 Å². The minimum atomic E-state index is 0.236. The summed E-state index contributed by atoms with van der Waals surface area (Å²) in [5.74, 6) is 0.236. The van der Waals surface area contributed by atoms with Crippen LogP contribution in [-0.2, 0) is 6.54 Å². The smallest absolute Gasteiger partial charge is 0.117 e. The van der Waals surface area contributed by atoms with Crippen molar-refractivity contribution in [3.8, 4) is 5.75 Å². The van der Waals surface area contributed by atoms with E-state index in [1.165, 1.54) is 0 Å². The average molecular weight is 229 g/mol. The monoisotopic (exact) mass is 229 g/mol. The van der Waals surface area contributed by atoms with Crippen molar-refractivity contribution in [3.05, 3.63) is 48.0 Å². The zero-order chi connectivity index (χ0) is 12.3. The normalized spacial score (nSPS) is 10.1. The zero-order valence-electron chi connectivity index (χ0n) is 9.35. The number of benzene rings is 2. The highest BCUT2D eigenvalue weighted by Crippen LogP contribution is 2.19. The van der Waals surface area contributed by atoms with Gasteiger partial charge in [-0.3, -0.25) is 0 Å². The van der Waals surface area contributed by atoms with E-state index in [-0.39, 0.29) is 5.75 Å². The van der Waals surface area contributed by atoms with Gasteiger partial charge in [0.1, 0.15) is 5.75 Å². The molecule has 6 N–H and O–H groups in total. The molecule has 0 unspecified atom stereocenters. The lowest BCUT2D eigenvalue weighted by Gasteiger charge is -2.09. The third-order valence-corrected chi connectivity index (χ3v) is 2.50. The molecule has 0 bridgehead atoms. The minimum absolute atomic E-state index is 0.236. The van der Waals surface area contributed by atoms with E-state index in [0.717, 1.165) is 11.3 Å². The van der Waals surface area contributed by atoms with Gasteiger partial charge < -0.3 is 21.9 Å². The number of aromatic hydroxyl groups is 1. The summed E-state index contributed by atoms with van der Waals surface area (Å²) in [7, 11) is 0. The first-order chi connectivity index (χ1) is 8.15. The van der Waals surface area contributed by atoms with Gasteiger partial charge in [-0.25, -0.2) is 0 Å². The van der Waals surface area contributed by atoms with Crippen LogP contribution in [0.4, 0.5) is 17.1 Å². The summed E-state index contributed by atoms with van der Waals surface area (Å²) in [5.41, 5.74) is 14.6. The molecule has 4 nitrogen and oxygen atoms in total. The second-order valence-corrected chi connectivity index (χ2v) is 3.86. The molecule has 0 amide bonds. The van der Waals surface area contributed by atoms with E-state index in [1.54, 1.807) is 24.3 Å². The van der Waals surface area contributed by atoms with E-state index in [1.807, 2.05) is 18.2 Å². The molecule has 0 spiro atoms. The van der Waals surface area contributed by atoms with E-state index in [0.29, 0.717) is 17.9 Å². The van der Waals surface area contributed by atoms with Gasteiger partial charge in [-0.05, 0) is 29.8 Å². The van der Waals surface area contributed by atoms with Crippen molar-refractivity contribution in [1.29, 1.82) is 0 Å². The average Bonchev–Trinajstić information content (AvgIpc) is 2.28. The summed E-state index contributed by atoms with van der Waals surface area (Å²) in [6.07, 6.45) is 0. The Bertz CT molecular complexity index is 526. The standard InChI is InChI=1S/C13H15N3O/c14-10-5-4-9(13(15)6-10)8-16-11-2-1-3-12(17)7-11/h1-7,16-17H,8,14-15H2. The maximum Gasteiger partial charge on any atom is 0.117 e. The molecule has 2 aromatic carbocycles. The Labute approximate surface area is 99.9 Å². The second-order valence-electron chi connectivity index (χ2n) is 3.86. The second kappa shape index (κ2) is 4.65. The number of hydrogen-bond donors (Lipinski definition) is 4. The van der Waals surface area contributed by atoms with Crippen LogP contribution in [0.3, 0.4) is 0 Å². The molecular formula is C13H15N3O. The predicted octanol–water partition coefficient (Wildman–Crippen LogP) is 2.17. The largest absolute Gasteiger partial charge is 0.508 e. The molecule has 0 aliphatic carbocycles. The van der Waals surface area contributed by atoms with E-state index in [2.05, 4.69) is 5.32 Å². The van der Waals surface area contributed by atoms with Gasteiger partial charge in [0.05, 0.1) is 0 Å². The third kappa shape index (κ3) is 2.81. The fourth-order valence-corrected chi connectivity index (χ4v) is 1.59. The molecule has 4 heteroatoms. The summed E-state index contributed by atoms with van der Waals surface area (Å²) in [5, 5.41) is 12.5. The Balaban J connectivity index is 2.07. The molecule has 0 radical (unpaired) electrons. The molecule has 0 saturated carbocycles. The summed E-state index contributed by atoms with van der Waals surface area (Å²) in [6, 6.07) is 12.4. The van der Waals surface area contributed by atoms with Crippen LogP contribution in [-0.4, -0.2) is 5.11 Å². The van der Waals surface area contributed by atoms with Crippen molar-refractivity contribution in [2.75, 3.05) is 16.8 Å². The molecule has 17 heavy (non-hydrogen) atoms. The van der Waals surface area contributed by atoms with Gasteiger partial charge in [-0.15, -0.1) is 0 Å². The fraction of sp³-hybridized carbons (Fsp3) is 0.0769. The van der Waals surface area contributed by atoms with E-state index in [9.17, 15) is 5.11 Å². The highest BCUT2D eigenvalue weighted by Gasteiger charge is 2.00. The van der Waals surface area contributed by atoms with Gasteiger partial charge in [-0.1, -0.05) is 12.1 Å². The lowest BCUT2D eigenvalue weighted by molar-refractivity contribution is 0.475. The van der Waals surface area contributed by atoms with Crippen LogP contribution in [0.2, 0.25) is 0 Å². The third-order valence-electron chi connectivity index (χ3n) is 2.50. The maximum absolute atomic E-state index is 9.32. The SMILES string of the molecule is Nc1ccc(CNc2cccc(O)c2)c(N)c1. The van der Waals surface area contributed by atoms with Crippen molar-refractivity contribution < 1.29 is 5.11 Å². The number of rotatable bonds is 3. The first-order valence-electron chi connectivity index (χ1n) is 5.32. The molecular weight excluding hydrogens is 214 g/mol. The van der Waals surface area contributed by atoms with Crippen LogP contribution in [0.1, 0.15) is 5.56 Å². The van der Waals surface area contributed by atoms with Crippen LogP contribution in [0.25, 0.3) is 0 Å². The Morgan fingerprint density at radius 2 is 1.88 bits per heavy atom. The van der Waals surface area contributed by atoms with Gasteiger partial charge in [0, 0.05) is 29.7 Å². The van der Waals surface area contributed by atoms with Gasteiger partial charge in [0.15, 0.2) is 0 Å². The molecule has 88 valence electrons. The summed E-state index contributed by atoms with van der Waals surface area (Å²) < 4.78 is 0. The number of phenolic OH excluding ortho intramolecular Hbond substituents is 1.